The van der Waals surface area contributed by atoms with Crippen molar-refractivity contribution in [2.24, 2.45) is 0 Å². The largest absolute Gasteiger partial charge is 0.348 e. The quantitative estimate of drug-likeness (QED) is 0.745. The number of carbonyl (C=O) groups is 1. The average Bonchev–Trinajstić information content (AvgIpc) is 3.05. The summed E-state index contributed by atoms with van der Waals surface area (Å²) in [6.45, 7) is 3.61. The molecule has 1 saturated heterocycles. The van der Waals surface area contributed by atoms with Crippen LogP contribution in [0.4, 0.5) is 4.39 Å². The van der Waals surface area contributed by atoms with Crippen molar-refractivity contribution >= 4 is 16.1 Å². The van der Waals surface area contributed by atoms with Crippen molar-refractivity contribution in [1.29, 1.82) is 0 Å². The number of carbonyl (C=O) groups excluding carboxylic acids is 1. The second-order valence-electron chi connectivity index (χ2n) is 6.30. The van der Waals surface area contributed by atoms with Crippen LogP contribution in [0.15, 0.2) is 6.20 Å². The molecule has 2 rings (SSSR count). The highest BCUT2D eigenvalue weighted by Gasteiger charge is 2.41. The fourth-order valence-electron chi connectivity index (χ4n) is 2.53. The molecule has 11 heteroatoms. The van der Waals surface area contributed by atoms with Gasteiger partial charge in [0.15, 0.2) is 5.69 Å². The van der Waals surface area contributed by atoms with Crippen molar-refractivity contribution < 1.29 is 17.6 Å². The maximum absolute atomic E-state index is 13.8. The van der Waals surface area contributed by atoms with Gasteiger partial charge in [0.1, 0.15) is 6.17 Å². The minimum atomic E-state index is -3.72. The van der Waals surface area contributed by atoms with E-state index >= 15 is 0 Å². The maximum atomic E-state index is 13.8. The number of alkyl halides is 1. The standard InChI is InChI=1S/C13H23FN6O3S/c1-9(2)15-13(21)12-8-19(17-16-12)7-11-5-10(14)6-20(11)24(22,23)18(3)4/h8-11H,5-7H2,1-4H3,(H,15,21). The Kier molecular flexibility index (Phi) is 5.56. The Morgan fingerprint density at radius 2 is 2.17 bits per heavy atom. The first-order valence-corrected chi connectivity index (χ1v) is 9.05. The highest BCUT2D eigenvalue weighted by molar-refractivity contribution is 7.86. The number of amides is 1. The zero-order chi connectivity index (χ0) is 18.1. The van der Waals surface area contributed by atoms with E-state index in [-0.39, 0.29) is 37.2 Å². The van der Waals surface area contributed by atoms with E-state index < -0.39 is 22.4 Å². The van der Waals surface area contributed by atoms with Gasteiger partial charge in [-0.05, 0) is 20.3 Å². The van der Waals surface area contributed by atoms with E-state index in [0.717, 1.165) is 8.61 Å². The van der Waals surface area contributed by atoms with Crippen LogP contribution < -0.4 is 5.32 Å². The molecule has 1 aromatic rings. The van der Waals surface area contributed by atoms with E-state index in [0.29, 0.717) is 0 Å². The lowest BCUT2D eigenvalue weighted by Crippen LogP contribution is -2.44. The summed E-state index contributed by atoms with van der Waals surface area (Å²) in [6.07, 6.45) is 0.293. The average molecular weight is 362 g/mol. The van der Waals surface area contributed by atoms with Gasteiger partial charge in [0.2, 0.25) is 0 Å². The van der Waals surface area contributed by atoms with Crippen LogP contribution in [0.1, 0.15) is 30.8 Å². The number of rotatable bonds is 6. The summed E-state index contributed by atoms with van der Waals surface area (Å²) < 4.78 is 41.9. The molecule has 0 radical (unpaired) electrons. The van der Waals surface area contributed by atoms with Crippen molar-refractivity contribution in [2.75, 3.05) is 20.6 Å². The number of nitrogens with one attached hydrogen (secondary N) is 1. The maximum Gasteiger partial charge on any atom is 0.281 e. The molecule has 2 heterocycles. The highest BCUT2D eigenvalue weighted by atomic mass is 32.2. The van der Waals surface area contributed by atoms with Crippen LogP contribution in [0.5, 0.6) is 0 Å². The summed E-state index contributed by atoms with van der Waals surface area (Å²) in [7, 11) is -0.909. The normalized spacial score (nSPS) is 22.5. The van der Waals surface area contributed by atoms with Gasteiger partial charge >= 0.3 is 0 Å². The van der Waals surface area contributed by atoms with Crippen LogP contribution in [0.25, 0.3) is 0 Å². The van der Waals surface area contributed by atoms with Gasteiger partial charge in [-0.1, -0.05) is 5.21 Å². The van der Waals surface area contributed by atoms with Gasteiger partial charge in [0.25, 0.3) is 16.1 Å². The van der Waals surface area contributed by atoms with Crippen LogP contribution in [-0.2, 0) is 16.8 Å². The Morgan fingerprint density at radius 3 is 2.75 bits per heavy atom. The third-order valence-electron chi connectivity index (χ3n) is 3.66. The number of hydrogen-bond donors (Lipinski definition) is 1. The smallest absolute Gasteiger partial charge is 0.281 e. The minimum absolute atomic E-state index is 0.0366. The molecule has 0 saturated carbocycles. The number of hydrogen-bond acceptors (Lipinski definition) is 5. The van der Waals surface area contributed by atoms with E-state index in [9.17, 15) is 17.6 Å². The van der Waals surface area contributed by atoms with Gasteiger partial charge in [0.05, 0.1) is 12.7 Å². The molecule has 1 aliphatic rings. The summed E-state index contributed by atoms with van der Waals surface area (Å²) >= 11 is 0. The first-order chi connectivity index (χ1) is 11.1. The molecule has 0 spiro atoms. The van der Waals surface area contributed by atoms with Crippen LogP contribution in [0, 0.1) is 0 Å². The van der Waals surface area contributed by atoms with Crippen LogP contribution in [0.2, 0.25) is 0 Å². The molecular weight excluding hydrogens is 339 g/mol. The van der Waals surface area contributed by atoms with Gasteiger partial charge in [-0.25, -0.2) is 4.39 Å². The number of halogens is 1. The Labute approximate surface area is 141 Å². The number of aromatic nitrogens is 3. The summed E-state index contributed by atoms with van der Waals surface area (Å²) in [6, 6.07) is -0.611. The molecular formula is C13H23FN6O3S. The summed E-state index contributed by atoms with van der Waals surface area (Å²) in [4.78, 5) is 11.9. The molecule has 1 aliphatic heterocycles. The van der Waals surface area contributed by atoms with Gasteiger partial charge in [-0.2, -0.15) is 17.0 Å². The third kappa shape index (κ3) is 4.08. The fourth-order valence-corrected chi connectivity index (χ4v) is 3.83. The summed E-state index contributed by atoms with van der Waals surface area (Å²) in [5.41, 5.74) is 0.139. The van der Waals surface area contributed by atoms with E-state index in [2.05, 4.69) is 15.6 Å². The molecule has 0 aliphatic carbocycles. The molecule has 1 fully saturated rings. The van der Waals surface area contributed by atoms with Crippen LogP contribution in [-0.4, -0.2) is 76.8 Å². The summed E-state index contributed by atoms with van der Waals surface area (Å²) in [5, 5.41) is 10.3. The number of nitrogens with zero attached hydrogens (tertiary/aromatic N) is 5. The lowest BCUT2D eigenvalue weighted by atomic mass is 10.2. The molecule has 1 aromatic heterocycles. The SMILES string of the molecule is CC(C)NC(=O)c1cn(CC2CC(F)CN2S(=O)(=O)N(C)C)nn1. The predicted molar refractivity (Wildman–Crippen MR) is 85.2 cm³/mol. The Morgan fingerprint density at radius 1 is 1.50 bits per heavy atom. The lowest BCUT2D eigenvalue weighted by Gasteiger charge is -2.26. The van der Waals surface area contributed by atoms with Gasteiger partial charge < -0.3 is 5.32 Å². The molecule has 1 amide bonds. The zero-order valence-corrected chi connectivity index (χ0v) is 15.0. The first-order valence-electron chi connectivity index (χ1n) is 7.65. The Bertz CT molecular complexity index is 690. The monoisotopic (exact) mass is 362 g/mol. The lowest BCUT2D eigenvalue weighted by molar-refractivity contribution is 0.0938. The van der Waals surface area contributed by atoms with Crippen molar-refractivity contribution in [3.05, 3.63) is 11.9 Å². The molecule has 9 nitrogen and oxygen atoms in total. The molecule has 2 atom stereocenters. The van der Waals surface area contributed by atoms with Crippen molar-refractivity contribution in [3.8, 4) is 0 Å². The van der Waals surface area contributed by atoms with Crippen LogP contribution in [0.3, 0.4) is 0 Å². The molecule has 136 valence electrons. The first kappa shape index (κ1) is 18.7. The van der Waals surface area contributed by atoms with Crippen molar-refractivity contribution in [1.82, 2.24) is 28.9 Å². The Hall–Kier alpha value is -1.59. The second-order valence-corrected chi connectivity index (χ2v) is 8.40. The molecule has 0 aromatic carbocycles. The summed E-state index contributed by atoms with van der Waals surface area (Å²) in [5.74, 6) is -0.358. The van der Waals surface area contributed by atoms with Gasteiger partial charge in [0, 0.05) is 32.7 Å². The Balaban J connectivity index is 2.12. The molecule has 0 bridgehead atoms. The van der Waals surface area contributed by atoms with Gasteiger partial charge in [-0.3, -0.25) is 9.48 Å². The third-order valence-corrected chi connectivity index (χ3v) is 5.62. The van der Waals surface area contributed by atoms with E-state index in [1.807, 2.05) is 13.8 Å². The second kappa shape index (κ2) is 7.11. The van der Waals surface area contributed by atoms with E-state index in [4.69, 9.17) is 0 Å². The zero-order valence-electron chi connectivity index (χ0n) is 14.2. The predicted octanol–water partition coefficient (Wildman–Crippen LogP) is -0.365. The van der Waals surface area contributed by atoms with Crippen LogP contribution >= 0.6 is 0 Å². The highest BCUT2D eigenvalue weighted by Crippen LogP contribution is 2.25. The fraction of sp³-hybridized carbons (Fsp3) is 0.769. The van der Waals surface area contributed by atoms with Gasteiger partial charge in [-0.15, -0.1) is 5.10 Å². The molecule has 2 unspecified atom stereocenters. The molecule has 24 heavy (non-hydrogen) atoms. The van der Waals surface area contributed by atoms with E-state index in [1.165, 1.54) is 25.0 Å². The topological polar surface area (TPSA) is 100 Å². The molecule has 1 N–H and O–H groups in total. The van der Waals surface area contributed by atoms with Crippen molar-refractivity contribution in [3.63, 3.8) is 0 Å². The minimum Gasteiger partial charge on any atom is -0.348 e. The van der Waals surface area contributed by atoms with E-state index in [1.54, 1.807) is 0 Å². The van der Waals surface area contributed by atoms with Crippen molar-refractivity contribution in [2.45, 2.75) is 45.1 Å².